The Kier molecular flexibility index (Phi) is 9.23. The maximum absolute atomic E-state index is 2.88. The van der Waals surface area contributed by atoms with Crippen LogP contribution in [0.3, 0.4) is 0 Å². The molecule has 0 atom stereocenters. The molecule has 0 unspecified atom stereocenters. The van der Waals surface area contributed by atoms with E-state index in [0.717, 1.165) is 11.4 Å². The van der Waals surface area contributed by atoms with Crippen LogP contribution in [-0.4, -0.2) is 21.8 Å². The minimum Gasteiger partial charge on any atom is -0.309 e. The second kappa shape index (κ2) is 16.1. The molecule has 0 aliphatic carbocycles. The molecule has 0 spiro atoms. The first-order valence-corrected chi connectivity index (χ1v) is 26.2. The van der Waals surface area contributed by atoms with Gasteiger partial charge in [-0.25, -0.2) is 0 Å². The van der Waals surface area contributed by atoms with Gasteiger partial charge in [-0.2, -0.15) is 0 Å². The van der Waals surface area contributed by atoms with E-state index >= 15 is 0 Å². The SMILES string of the molecule is c1ccc(-n2c3ccccc3c3cc(-c4ccc([Si](c5ccccc5)(c5ccccc5)c5ccc(-n6c7ccccc7c7ccc8c(c9ccccc9n8-c8ccccc8)c76)cc5)cc4)ccc32)cc1. The second-order valence-corrected chi connectivity index (χ2v) is 22.2. The summed E-state index contributed by atoms with van der Waals surface area (Å²) in [5.74, 6) is 0. The number of hydrogen-bond acceptors (Lipinski definition) is 0. The van der Waals surface area contributed by atoms with Crippen molar-refractivity contribution in [2.75, 3.05) is 0 Å². The van der Waals surface area contributed by atoms with E-state index < -0.39 is 8.07 Å². The van der Waals surface area contributed by atoms with Gasteiger partial charge in [-0.15, -0.1) is 0 Å². The summed E-state index contributed by atoms with van der Waals surface area (Å²) in [7, 11) is -2.88. The lowest BCUT2D eigenvalue weighted by Crippen LogP contribution is -2.74. The van der Waals surface area contributed by atoms with Crippen molar-refractivity contribution in [1.29, 1.82) is 0 Å². The van der Waals surface area contributed by atoms with Gasteiger partial charge < -0.3 is 13.7 Å². The molecule has 70 heavy (non-hydrogen) atoms. The molecule has 0 bridgehead atoms. The van der Waals surface area contributed by atoms with Crippen molar-refractivity contribution in [3.05, 3.63) is 273 Å². The predicted molar refractivity (Wildman–Crippen MR) is 299 cm³/mol. The Morgan fingerprint density at radius 2 is 0.614 bits per heavy atom. The first-order valence-electron chi connectivity index (χ1n) is 24.2. The van der Waals surface area contributed by atoms with Gasteiger partial charge in [0, 0.05) is 49.4 Å². The highest BCUT2D eigenvalue weighted by atomic mass is 28.3. The number of nitrogens with zero attached hydrogens (tertiary/aromatic N) is 3. The zero-order valence-electron chi connectivity index (χ0n) is 38.3. The van der Waals surface area contributed by atoms with Crippen LogP contribution in [-0.2, 0) is 0 Å². The van der Waals surface area contributed by atoms with Crippen LogP contribution in [0, 0.1) is 0 Å². The minimum absolute atomic E-state index is 1.14. The number of fused-ring (bicyclic) bond motifs is 10. The molecule has 14 aromatic rings. The summed E-state index contributed by atoms with van der Waals surface area (Å²) in [5, 5.41) is 12.9. The van der Waals surface area contributed by atoms with Gasteiger partial charge in [0.2, 0.25) is 0 Å². The molecule has 3 nitrogen and oxygen atoms in total. The fourth-order valence-electron chi connectivity index (χ4n) is 11.8. The summed E-state index contributed by atoms with van der Waals surface area (Å²) in [6, 6.07) is 101. The smallest absolute Gasteiger partial charge is 0.179 e. The van der Waals surface area contributed by atoms with E-state index in [1.807, 2.05) is 0 Å². The van der Waals surface area contributed by atoms with Crippen molar-refractivity contribution in [2.24, 2.45) is 0 Å². The molecule has 4 heteroatoms. The van der Waals surface area contributed by atoms with Gasteiger partial charge >= 0.3 is 0 Å². The highest BCUT2D eigenvalue weighted by Gasteiger charge is 2.41. The number of hydrogen-bond donors (Lipinski definition) is 0. The van der Waals surface area contributed by atoms with Crippen LogP contribution in [0.2, 0.25) is 0 Å². The van der Waals surface area contributed by atoms with Crippen LogP contribution < -0.4 is 20.7 Å². The molecule has 14 rings (SSSR count). The fraction of sp³-hybridized carbons (Fsp3) is 0. The summed E-state index contributed by atoms with van der Waals surface area (Å²) >= 11 is 0. The van der Waals surface area contributed by atoms with Crippen LogP contribution in [0.4, 0.5) is 0 Å². The van der Waals surface area contributed by atoms with Gasteiger partial charge in [-0.3, -0.25) is 0 Å². The third-order valence-corrected chi connectivity index (χ3v) is 19.6. The summed E-state index contributed by atoms with van der Waals surface area (Å²) in [5.41, 5.74) is 13.1. The Labute approximate surface area is 407 Å². The quantitative estimate of drug-likeness (QED) is 0.107. The fourth-order valence-corrected chi connectivity index (χ4v) is 16.5. The average molecular weight is 908 g/mol. The average Bonchev–Trinajstić information content (AvgIpc) is 4.08. The molecule has 0 N–H and O–H groups in total. The van der Waals surface area contributed by atoms with Gasteiger partial charge in [-0.05, 0) is 105 Å². The highest BCUT2D eigenvalue weighted by molar-refractivity contribution is 7.19. The maximum atomic E-state index is 2.51. The topological polar surface area (TPSA) is 14.8 Å². The van der Waals surface area contributed by atoms with Crippen molar-refractivity contribution < 1.29 is 0 Å². The summed E-state index contributed by atoms with van der Waals surface area (Å²) in [6.07, 6.45) is 0. The molecule has 3 aromatic heterocycles. The molecule has 11 aromatic carbocycles. The molecular weight excluding hydrogens is 863 g/mol. The maximum Gasteiger partial charge on any atom is 0.179 e. The molecule has 0 aliphatic rings. The Bertz CT molecular complexity index is 4210. The number of para-hydroxylation sites is 5. The Balaban J connectivity index is 0.950. The molecule has 328 valence electrons. The van der Waals surface area contributed by atoms with E-state index in [0.29, 0.717) is 0 Å². The van der Waals surface area contributed by atoms with Gasteiger partial charge in [-0.1, -0.05) is 200 Å². The first-order chi connectivity index (χ1) is 34.8. The third-order valence-electron chi connectivity index (χ3n) is 14.8. The minimum atomic E-state index is -2.88. The Morgan fingerprint density at radius 1 is 0.229 bits per heavy atom. The Morgan fingerprint density at radius 3 is 1.20 bits per heavy atom. The molecule has 0 fully saturated rings. The standard InChI is InChI=1S/C66H45N3Si/c1-5-19-48(20-6-1)67-60-30-16-14-28-56(60)59-45-47(35-43-63(59)67)46-33-38-53(39-34-46)70(51-23-9-3-10-24-51,52-25-11-4-12-26-52)54-40-36-50(37-41-54)69-61-31-17-13-27-55(61)57-42-44-64-65(66(57)69)58-29-15-18-32-62(58)68(64)49-21-7-2-8-22-49/h1-45H. The molecule has 0 amide bonds. The van der Waals surface area contributed by atoms with Crippen molar-refractivity contribution in [3.8, 4) is 28.2 Å². The van der Waals surface area contributed by atoms with Gasteiger partial charge in [0.15, 0.2) is 8.07 Å². The number of benzene rings is 11. The predicted octanol–water partition coefficient (Wildman–Crippen LogP) is 14.0. The number of aromatic nitrogens is 3. The van der Waals surface area contributed by atoms with Crippen LogP contribution in [0.25, 0.3) is 93.6 Å². The van der Waals surface area contributed by atoms with Crippen molar-refractivity contribution in [2.45, 2.75) is 0 Å². The monoisotopic (exact) mass is 907 g/mol. The van der Waals surface area contributed by atoms with E-state index in [2.05, 4.69) is 287 Å². The number of rotatable bonds is 8. The van der Waals surface area contributed by atoms with E-state index in [9.17, 15) is 0 Å². The first kappa shape index (κ1) is 40.1. The molecule has 0 radical (unpaired) electrons. The third kappa shape index (κ3) is 6.00. The van der Waals surface area contributed by atoms with E-state index in [4.69, 9.17) is 0 Å². The lowest BCUT2D eigenvalue weighted by molar-refractivity contribution is 1.17. The van der Waals surface area contributed by atoms with Crippen LogP contribution in [0.15, 0.2) is 273 Å². The molecular formula is C66H45N3Si. The summed E-state index contributed by atoms with van der Waals surface area (Å²) < 4.78 is 7.31. The van der Waals surface area contributed by atoms with Crippen molar-refractivity contribution in [1.82, 2.24) is 13.7 Å². The molecule has 0 aliphatic heterocycles. The molecule has 3 heterocycles. The second-order valence-electron chi connectivity index (χ2n) is 18.4. The highest BCUT2D eigenvalue weighted by Crippen LogP contribution is 2.42. The zero-order valence-corrected chi connectivity index (χ0v) is 39.3. The summed E-state index contributed by atoms with van der Waals surface area (Å²) in [6.45, 7) is 0. The summed E-state index contributed by atoms with van der Waals surface area (Å²) in [4.78, 5) is 0. The van der Waals surface area contributed by atoms with E-state index in [1.54, 1.807) is 0 Å². The van der Waals surface area contributed by atoms with Crippen LogP contribution in [0.1, 0.15) is 0 Å². The largest absolute Gasteiger partial charge is 0.309 e. The normalized spacial score (nSPS) is 12.0. The lowest BCUT2D eigenvalue weighted by Gasteiger charge is -2.34. The van der Waals surface area contributed by atoms with Crippen LogP contribution in [0.5, 0.6) is 0 Å². The van der Waals surface area contributed by atoms with Crippen molar-refractivity contribution in [3.63, 3.8) is 0 Å². The van der Waals surface area contributed by atoms with Gasteiger partial charge in [0.25, 0.3) is 0 Å². The van der Waals surface area contributed by atoms with E-state index in [1.165, 1.54) is 103 Å². The van der Waals surface area contributed by atoms with E-state index in [-0.39, 0.29) is 0 Å². The van der Waals surface area contributed by atoms with Gasteiger partial charge in [0.05, 0.1) is 33.1 Å². The van der Waals surface area contributed by atoms with Gasteiger partial charge in [0.1, 0.15) is 0 Å². The molecule has 0 saturated heterocycles. The Hall–Kier alpha value is -8.96. The zero-order chi connectivity index (χ0) is 46.2. The van der Waals surface area contributed by atoms with Crippen LogP contribution >= 0.6 is 0 Å². The van der Waals surface area contributed by atoms with Crippen molar-refractivity contribution >= 4 is 94.2 Å². The molecule has 0 saturated carbocycles. The lowest BCUT2D eigenvalue weighted by atomic mass is 10.0.